The highest BCUT2D eigenvalue weighted by Crippen LogP contribution is 2.62. The molecule has 7 atom stereocenters. The van der Waals surface area contributed by atoms with Crippen LogP contribution in [0, 0.1) is 40.4 Å². The van der Waals surface area contributed by atoms with E-state index >= 15 is 0 Å². The fourth-order valence-corrected chi connectivity index (χ4v) is 6.70. The Morgan fingerprint density at radius 2 is 1.75 bits per heavy atom. The summed E-state index contributed by atoms with van der Waals surface area (Å²) < 4.78 is 0. The zero-order valence-corrected chi connectivity index (χ0v) is 12.8. The van der Waals surface area contributed by atoms with Crippen LogP contribution in [0.3, 0.4) is 0 Å². The molecule has 2 nitrogen and oxygen atoms in total. The normalized spacial score (nSPS) is 55.0. The predicted molar refractivity (Wildman–Crippen MR) is 80.8 cm³/mol. The van der Waals surface area contributed by atoms with Crippen LogP contribution in [-0.4, -0.2) is 16.9 Å². The molecule has 4 fully saturated rings. The molecule has 0 aromatic heterocycles. The van der Waals surface area contributed by atoms with Gasteiger partial charge >= 0.3 is 0 Å². The maximum atomic E-state index is 10.2. The third kappa shape index (κ3) is 1.76. The van der Waals surface area contributed by atoms with E-state index in [4.69, 9.17) is 5.41 Å². The monoisotopic (exact) mass is 275 g/mol. The highest BCUT2D eigenvalue weighted by atomic mass is 16.3. The average molecular weight is 275 g/mol. The van der Waals surface area contributed by atoms with E-state index in [-0.39, 0.29) is 6.10 Å². The summed E-state index contributed by atoms with van der Waals surface area (Å²) in [6.07, 6.45) is 11.1. The maximum absolute atomic E-state index is 10.2. The average Bonchev–Trinajstić information content (AvgIpc) is 2.82. The Balaban J connectivity index is 1.61. The Kier molecular flexibility index (Phi) is 3.03. The van der Waals surface area contributed by atoms with Gasteiger partial charge in [0.25, 0.3) is 0 Å². The van der Waals surface area contributed by atoms with Gasteiger partial charge in [0.15, 0.2) is 0 Å². The molecule has 4 rings (SSSR count). The Hall–Kier alpha value is -0.370. The highest BCUT2D eigenvalue weighted by Gasteiger charge is 2.55. The van der Waals surface area contributed by atoms with E-state index in [0.717, 1.165) is 48.6 Å². The zero-order chi connectivity index (χ0) is 13.9. The van der Waals surface area contributed by atoms with Crippen molar-refractivity contribution in [2.75, 3.05) is 0 Å². The minimum atomic E-state index is 0.00557. The number of aliphatic hydroxyl groups excluding tert-OH is 1. The summed E-state index contributed by atoms with van der Waals surface area (Å²) in [4.78, 5) is 0. The van der Waals surface area contributed by atoms with Crippen LogP contribution >= 0.6 is 0 Å². The van der Waals surface area contributed by atoms with Gasteiger partial charge in [0.2, 0.25) is 0 Å². The Bertz CT molecular complexity index is 420. The van der Waals surface area contributed by atoms with Crippen molar-refractivity contribution in [2.45, 2.75) is 70.8 Å². The number of fused-ring (bicyclic) bond motifs is 5. The largest absolute Gasteiger partial charge is 0.393 e. The maximum Gasteiger partial charge on any atom is 0.0571 e. The quantitative estimate of drug-likeness (QED) is 0.689. The molecule has 0 bridgehead atoms. The summed E-state index contributed by atoms with van der Waals surface area (Å²) in [7, 11) is 0. The highest BCUT2D eigenvalue weighted by molar-refractivity contribution is 5.82. The molecular weight excluding hydrogens is 246 g/mol. The van der Waals surface area contributed by atoms with Crippen LogP contribution in [0.4, 0.5) is 0 Å². The lowest BCUT2D eigenvalue weighted by atomic mass is 9.47. The van der Waals surface area contributed by atoms with Gasteiger partial charge in [0, 0.05) is 5.71 Å². The number of aliphatic hydroxyl groups is 1. The van der Waals surface area contributed by atoms with Crippen molar-refractivity contribution in [3.63, 3.8) is 0 Å². The lowest BCUT2D eigenvalue weighted by molar-refractivity contribution is -0.0800. The standard InChI is InChI=1S/C18H29NO/c1-18-9-8-12(19)10-11(18)2-3-14-13-5-7-17(20)15(13)4-6-16(14)18/h11,13-17,19-20H,2-10H2,1H3. The lowest BCUT2D eigenvalue weighted by Gasteiger charge is -2.58. The summed E-state index contributed by atoms with van der Waals surface area (Å²) >= 11 is 0. The summed E-state index contributed by atoms with van der Waals surface area (Å²) in [5, 5.41) is 18.3. The van der Waals surface area contributed by atoms with Crippen LogP contribution < -0.4 is 0 Å². The van der Waals surface area contributed by atoms with E-state index in [1.807, 2.05) is 0 Å². The second kappa shape index (κ2) is 4.56. The van der Waals surface area contributed by atoms with Crippen LogP contribution in [0.1, 0.15) is 64.7 Å². The third-order valence-electron chi connectivity index (χ3n) is 7.80. The Morgan fingerprint density at radius 1 is 1.00 bits per heavy atom. The van der Waals surface area contributed by atoms with Gasteiger partial charge in [-0.2, -0.15) is 0 Å². The SMILES string of the molecule is CC12CCC(=N)CC1CCC1C3CCC(O)C3CCC12. The molecule has 0 saturated heterocycles. The number of hydrogen-bond acceptors (Lipinski definition) is 2. The summed E-state index contributed by atoms with van der Waals surface area (Å²) in [6.45, 7) is 2.55. The van der Waals surface area contributed by atoms with E-state index in [1.165, 1.54) is 38.5 Å². The summed E-state index contributed by atoms with van der Waals surface area (Å²) in [6, 6.07) is 0. The molecule has 0 amide bonds. The van der Waals surface area contributed by atoms with E-state index in [0.29, 0.717) is 11.3 Å². The van der Waals surface area contributed by atoms with Gasteiger partial charge < -0.3 is 10.5 Å². The van der Waals surface area contributed by atoms with Gasteiger partial charge in [-0.05, 0) is 92.8 Å². The minimum Gasteiger partial charge on any atom is -0.393 e. The van der Waals surface area contributed by atoms with E-state index in [2.05, 4.69) is 6.92 Å². The van der Waals surface area contributed by atoms with Crippen molar-refractivity contribution in [2.24, 2.45) is 35.0 Å². The first kappa shape index (κ1) is 13.3. The Morgan fingerprint density at radius 3 is 2.60 bits per heavy atom. The van der Waals surface area contributed by atoms with Crippen LogP contribution in [0.5, 0.6) is 0 Å². The topological polar surface area (TPSA) is 44.1 Å². The van der Waals surface area contributed by atoms with Crippen LogP contribution in [0.25, 0.3) is 0 Å². The van der Waals surface area contributed by atoms with Crippen LogP contribution in [0.15, 0.2) is 0 Å². The fourth-order valence-electron chi connectivity index (χ4n) is 6.70. The molecule has 4 saturated carbocycles. The third-order valence-corrected chi connectivity index (χ3v) is 7.80. The van der Waals surface area contributed by atoms with Gasteiger partial charge in [-0.3, -0.25) is 0 Å². The fraction of sp³-hybridized carbons (Fsp3) is 0.944. The van der Waals surface area contributed by atoms with Gasteiger partial charge in [-0.25, -0.2) is 0 Å². The van der Waals surface area contributed by atoms with Crippen molar-refractivity contribution < 1.29 is 5.11 Å². The van der Waals surface area contributed by atoms with Gasteiger partial charge in [0.1, 0.15) is 0 Å². The summed E-state index contributed by atoms with van der Waals surface area (Å²) in [5.41, 5.74) is 1.52. The molecule has 2 heteroatoms. The second-order valence-corrected chi connectivity index (χ2v) is 8.41. The van der Waals surface area contributed by atoms with Crippen molar-refractivity contribution in [3.8, 4) is 0 Å². The van der Waals surface area contributed by atoms with E-state index in [9.17, 15) is 5.11 Å². The molecule has 4 aliphatic rings. The van der Waals surface area contributed by atoms with Crippen LogP contribution in [0.2, 0.25) is 0 Å². The molecule has 0 aliphatic heterocycles. The first-order valence-corrected chi connectivity index (χ1v) is 8.84. The number of nitrogens with one attached hydrogen (secondary N) is 1. The molecule has 2 N–H and O–H groups in total. The summed E-state index contributed by atoms with van der Waals surface area (Å²) in [5.74, 6) is 4.01. The van der Waals surface area contributed by atoms with E-state index in [1.54, 1.807) is 0 Å². The number of hydrogen-bond donors (Lipinski definition) is 2. The van der Waals surface area contributed by atoms with Crippen molar-refractivity contribution in [1.29, 1.82) is 5.41 Å². The van der Waals surface area contributed by atoms with Crippen molar-refractivity contribution in [1.82, 2.24) is 0 Å². The molecule has 4 aliphatic carbocycles. The molecule has 0 aromatic carbocycles. The molecule has 0 radical (unpaired) electrons. The second-order valence-electron chi connectivity index (χ2n) is 8.41. The molecule has 0 spiro atoms. The van der Waals surface area contributed by atoms with Crippen molar-refractivity contribution >= 4 is 5.71 Å². The van der Waals surface area contributed by atoms with Gasteiger partial charge in [0.05, 0.1) is 6.10 Å². The molecular formula is C18H29NO. The smallest absolute Gasteiger partial charge is 0.0571 e. The molecule has 20 heavy (non-hydrogen) atoms. The Labute approximate surface area is 122 Å². The first-order valence-electron chi connectivity index (χ1n) is 8.84. The zero-order valence-electron chi connectivity index (χ0n) is 12.8. The lowest BCUT2D eigenvalue weighted by Crippen LogP contribution is -2.51. The molecule has 112 valence electrons. The van der Waals surface area contributed by atoms with Gasteiger partial charge in [-0.1, -0.05) is 6.92 Å². The predicted octanol–water partition coefficient (Wildman–Crippen LogP) is 4.02. The van der Waals surface area contributed by atoms with E-state index < -0.39 is 0 Å². The molecule has 7 unspecified atom stereocenters. The van der Waals surface area contributed by atoms with Crippen molar-refractivity contribution in [3.05, 3.63) is 0 Å². The molecule has 0 aromatic rings. The van der Waals surface area contributed by atoms with Gasteiger partial charge in [-0.15, -0.1) is 0 Å². The minimum absolute atomic E-state index is 0.00557. The van der Waals surface area contributed by atoms with Crippen LogP contribution in [-0.2, 0) is 0 Å². The molecule has 0 heterocycles. The first-order chi connectivity index (χ1) is 9.59. The number of rotatable bonds is 0.